The highest BCUT2D eigenvalue weighted by Gasteiger charge is 2.06. The molecule has 0 bridgehead atoms. The fraction of sp³-hybridized carbons (Fsp3) is 0.0588. The van der Waals surface area contributed by atoms with E-state index >= 15 is 0 Å². The van der Waals surface area contributed by atoms with Gasteiger partial charge in [0, 0.05) is 10.9 Å². The minimum atomic E-state index is -0.946. The number of hydrogen-bond acceptors (Lipinski definition) is 4. The molecule has 0 amide bonds. The predicted molar refractivity (Wildman–Crippen MR) is 85.3 cm³/mol. The van der Waals surface area contributed by atoms with Crippen molar-refractivity contribution in [1.82, 2.24) is 4.98 Å². The maximum absolute atomic E-state index is 10.8. The van der Waals surface area contributed by atoms with Gasteiger partial charge in [0.2, 0.25) is 0 Å². The summed E-state index contributed by atoms with van der Waals surface area (Å²) in [4.78, 5) is 15.3. The second-order valence-electron chi connectivity index (χ2n) is 4.63. The Hall–Kier alpha value is -2.66. The van der Waals surface area contributed by atoms with Crippen molar-refractivity contribution < 1.29 is 14.6 Å². The van der Waals surface area contributed by atoms with Crippen molar-refractivity contribution >= 4 is 17.3 Å². The van der Waals surface area contributed by atoms with Crippen molar-refractivity contribution in [1.29, 1.82) is 0 Å². The maximum Gasteiger partial charge on any atom is 0.335 e. The maximum atomic E-state index is 10.8. The lowest BCUT2D eigenvalue weighted by Crippen LogP contribution is -1.98. The summed E-state index contributed by atoms with van der Waals surface area (Å²) < 4.78 is 5.63. The number of aromatic carboxylic acids is 1. The molecule has 0 aliphatic carbocycles. The second kappa shape index (κ2) is 6.41. The number of carboxylic acid groups (broad SMARTS) is 1. The zero-order chi connectivity index (χ0) is 15.4. The summed E-state index contributed by atoms with van der Waals surface area (Å²) in [5.74, 6) is -0.321. The van der Waals surface area contributed by atoms with Crippen molar-refractivity contribution in [2.24, 2.45) is 0 Å². The zero-order valence-corrected chi connectivity index (χ0v) is 12.4. The van der Waals surface area contributed by atoms with Crippen LogP contribution in [0.25, 0.3) is 10.6 Å². The number of carbonyl (C=O) groups is 1. The van der Waals surface area contributed by atoms with Crippen LogP contribution in [0.15, 0.2) is 60.0 Å². The minimum absolute atomic E-state index is 0.243. The van der Waals surface area contributed by atoms with Gasteiger partial charge in [-0.25, -0.2) is 9.78 Å². The van der Waals surface area contributed by atoms with Crippen molar-refractivity contribution in [2.45, 2.75) is 6.61 Å². The van der Waals surface area contributed by atoms with E-state index in [0.717, 1.165) is 16.3 Å². The van der Waals surface area contributed by atoms with Crippen molar-refractivity contribution in [2.75, 3.05) is 0 Å². The van der Waals surface area contributed by atoms with Gasteiger partial charge in [-0.05, 0) is 24.3 Å². The largest absolute Gasteiger partial charge is 0.487 e. The highest BCUT2D eigenvalue weighted by Crippen LogP contribution is 2.24. The molecule has 0 unspecified atom stereocenters. The van der Waals surface area contributed by atoms with Gasteiger partial charge in [0.15, 0.2) is 0 Å². The number of benzene rings is 2. The molecular weight excluding hydrogens is 298 g/mol. The molecule has 0 aliphatic heterocycles. The molecule has 3 rings (SSSR count). The van der Waals surface area contributed by atoms with Gasteiger partial charge in [-0.1, -0.05) is 30.3 Å². The second-order valence-corrected chi connectivity index (χ2v) is 5.49. The van der Waals surface area contributed by atoms with Crippen LogP contribution in [0.1, 0.15) is 16.1 Å². The Labute approximate surface area is 131 Å². The fourth-order valence-corrected chi connectivity index (χ4v) is 2.75. The van der Waals surface area contributed by atoms with E-state index in [-0.39, 0.29) is 5.56 Å². The van der Waals surface area contributed by atoms with Crippen LogP contribution in [0, 0.1) is 0 Å². The van der Waals surface area contributed by atoms with Crippen LogP contribution >= 0.6 is 11.3 Å². The molecule has 0 fully saturated rings. The van der Waals surface area contributed by atoms with Crippen LogP contribution in [0.5, 0.6) is 5.75 Å². The van der Waals surface area contributed by atoms with Gasteiger partial charge in [-0.2, -0.15) is 0 Å². The lowest BCUT2D eigenvalue weighted by atomic mass is 10.2. The summed E-state index contributed by atoms with van der Waals surface area (Å²) in [6, 6.07) is 16.3. The van der Waals surface area contributed by atoms with Crippen LogP contribution in [0.4, 0.5) is 0 Å². The van der Waals surface area contributed by atoms with Crippen molar-refractivity contribution in [3.8, 4) is 16.3 Å². The third-order valence-electron chi connectivity index (χ3n) is 3.06. The van der Waals surface area contributed by atoms with Crippen molar-refractivity contribution in [3.05, 3.63) is 71.2 Å². The first-order valence-electron chi connectivity index (χ1n) is 6.68. The summed E-state index contributed by atoms with van der Waals surface area (Å²) in [7, 11) is 0. The van der Waals surface area contributed by atoms with E-state index in [1.807, 2.05) is 35.7 Å². The minimum Gasteiger partial charge on any atom is -0.487 e. The van der Waals surface area contributed by atoms with E-state index < -0.39 is 5.97 Å². The first-order valence-corrected chi connectivity index (χ1v) is 7.56. The molecule has 110 valence electrons. The van der Waals surface area contributed by atoms with Crippen LogP contribution in [-0.4, -0.2) is 16.1 Å². The van der Waals surface area contributed by atoms with Gasteiger partial charge >= 0.3 is 5.97 Å². The SMILES string of the molecule is O=C(O)c1ccc(OCc2csc(-c3ccccc3)n2)cc1. The van der Waals surface area contributed by atoms with E-state index in [9.17, 15) is 4.79 Å². The standard InChI is InChI=1S/C17H13NO3S/c19-17(20)13-6-8-15(9-7-13)21-10-14-11-22-16(18-14)12-4-2-1-3-5-12/h1-9,11H,10H2,(H,19,20). The molecule has 22 heavy (non-hydrogen) atoms. The molecule has 1 N–H and O–H groups in total. The highest BCUT2D eigenvalue weighted by atomic mass is 32.1. The summed E-state index contributed by atoms with van der Waals surface area (Å²) in [5, 5.41) is 11.8. The molecule has 1 aromatic heterocycles. The monoisotopic (exact) mass is 311 g/mol. The molecule has 0 saturated heterocycles. The number of hydrogen-bond donors (Lipinski definition) is 1. The molecular formula is C17H13NO3S. The summed E-state index contributed by atoms with van der Waals surface area (Å²) in [5.41, 5.74) is 2.18. The number of aromatic nitrogens is 1. The lowest BCUT2D eigenvalue weighted by molar-refractivity contribution is 0.0697. The molecule has 2 aromatic carbocycles. The quantitative estimate of drug-likeness (QED) is 0.771. The molecule has 0 atom stereocenters. The first-order chi connectivity index (χ1) is 10.7. The van der Waals surface area contributed by atoms with Crippen LogP contribution in [0.2, 0.25) is 0 Å². The Kier molecular flexibility index (Phi) is 4.16. The smallest absolute Gasteiger partial charge is 0.335 e. The normalized spacial score (nSPS) is 10.4. The number of thiazole rings is 1. The number of nitrogens with zero attached hydrogens (tertiary/aromatic N) is 1. The first kappa shape index (κ1) is 14.3. The van der Waals surface area contributed by atoms with Crippen LogP contribution in [-0.2, 0) is 6.61 Å². The van der Waals surface area contributed by atoms with Gasteiger partial charge in [0.25, 0.3) is 0 Å². The van der Waals surface area contributed by atoms with E-state index in [4.69, 9.17) is 9.84 Å². The van der Waals surface area contributed by atoms with E-state index in [1.54, 1.807) is 23.5 Å². The number of carboxylic acids is 1. The summed E-state index contributed by atoms with van der Waals surface area (Å²) in [6.07, 6.45) is 0. The van der Waals surface area contributed by atoms with Gasteiger partial charge in [-0.3, -0.25) is 0 Å². The van der Waals surface area contributed by atoms with Crippen LogP contribution < -0.4 is 4.74 Å². The number of rotatable bonds is 5. The third kappa shape index (κ3) is 3.32. The van der Waals surface area contributed by atoms with E-state index in [2.05, 4.69) is 4.98 Å². The van der Waals surface area contributed by atoms with Gasteiger partial charge in [0.05, 0.1) is 11.3 Å². The zero-order valence-electron chi connectivity index (χ0n) is 11.6. The van der Waals surface area contributed by atoms with E-state index in [1.165, 1.54) is 12.1 Å². The molecule has 0 spiro atoms. The van der Waals surface area contributed by atoms with Gasteiger partial charge in [-0.15, -0.1) is 11.3 Å². The molecule has 0 saturated carbocycles. The Morgan fingerprint density at radius 3 is 2.50 bits per heavy atom. The fourth-order valence-electron chi connectivity index (χ4n) is 1.94. The molecule has 5 heteroatoms. The predicted octanol–water partition coefficient (Wildman–Crippen LogP) is 4.09. The Balaban J connectivity index is 1.65. The number of ether oxygens (including phenoxy) is 1. The average Bonchev–Trinajstić information content (AvgIpc) is 3.03. The lowest BCUT2D eigenvalue weighted by Gasteiger charge is -2.04. The molecule has 3 aromatic rings. The Morgan fingerprint density at radius 2 is 1.82 bits per heavy atom. The highest BCUT2D eigenvalue weighted by molar-refractivity contribution is 7.13. The molecule has 4 nitrogen and oxygen atoms in total. The average molecular weight is 311 g/mol. The third-order valence-corrected chi connectivity index (χ3v) is 4.00. The van der Waals surface area contributed by atoms with E-state index in [0.29, 0.717) is 12.4 Å². The van der Waals surface area contributed by atoms with Crippen LogP contribution in [0.3, 0.4) is 0 Å². The van der Waals surface area contributed by atoms with Crippen molar-refractivity contribution in [3.63, 3.8) is 0 Å². The Morgan fingerprint density at radius 1 is 1.09 bits per heavy atom. The molecule has 1 heterocycles. The molecule has 0 radical (unpaired) electrons. The Bertz CT molecular complexity index is 766. The summed E-state index contributed by atoms with van der Waals surface area (Å²) >= 11 is 1.58. The topological polar surface area (TPSA) is 59.4 Å². The summed E-state index contributed by atoms with van der Waals surface area (Å²) in [6.45, 7) is 0.357. The molecule has 0 aliphatic rings. The van der Waals surface area contributed by atoms with Gasteiger partial charge in [0.1, 0.15) is 17.4 Å². The van der Waals surface area contributed by atoms with Gasteiger partial charge < -0.3 is 9.84 Å².